The average Bonchev–Trinajstić information content (AvgIpc) is 2.97. The number of benzene rings is 1. The van der Waals surface area contributed by atoms with E-state index in [0.29, 0.717) is 11.3 Å². The summed E-state index contributed by atoms with van der Waals surface area (Å²) in [4.78, 5) is 12.1. The predicted molar refractivity (Wildman–Crippen MR) is 79.7 cm³/mol. The molecule has 0 aliphatic rings. The van der Waals surface area contributed by atoms with Crippen LogP contribution in [0.15, 0.2) is 39.9 Å². The first-order valence-electron chi connectivity index (χ1n) is 6.53. The third-order valence-corrected chi connectivity index (χ3v) is 3.12. The summed E-state index contributed by atoms with van der Waals surface area (Å²) in [5.74, 6) is 0.647. The minimum atomic E-state index is -0.338. The van der Waals surface area contributed by atoms with Crippen molar-refractivity contribution in [3.8, 4) is 0 Å². The van der Waals surface area contributed by atoms with Crippen LogP contribution in [0, 0.1) is 6.92 Å². The minimum Gasteiger partial charge on any atom is -0.456 e. The highest BCUT2D eigenvalue weighted by molar-refractivity contribution is 6.04. The first-order chi connectivity index (χ1) is 10.0. The van der Waals surface area contributed by atoms with Crippen LogP contribution >= 0.6 is 0 Å². The number of rotatable bonds is 4. The third kappa shape index (κ3) is 3.22. The van der Waals surface area contributed by atoms with Gasteiger partial charge in [0.1, 0.15) is 5.76 Å². The smallest absolute Gasteiger partial charge is 0.291 e. The van der Waals surface area contributed by atoms with Crippen molar-refractivity contribution in [2.24, 2.45) is 10.9 Å². The van der Waals surface area contributed by atoms with Gasteiger partial charge in [-0.2, -0.15) is 0 Å². The van der Waals surface area contributed by atoms with Crippen molar-refractivity contribution in [3.63, 3.8) is 0 Å². The van der Waals surface area contributed by atoms with Crippen molar-refractivity contribution in [2.45, 2.75) is 20.3 Å². The molecule has 0 fully saturated rings. The molecule has 4 N–H and O–H groups in total. The average molecular weight is 287 g/mol. The van der Waals surface area contributed by atoms with Crippen LogP contribution in [0.4, 0.5) is 5.69 Å². The van der Waals surface area contributed by atoms with Gasteiger partial charge < -0.3 is 20.7 Å². The highest BCUT2D eigenvalue weighted by Gasteiger charge is 2.13. The number of anilines is 1. The molecule has 0 aliphatic heterocycles. The van der Waals surface area contributed by atoms with Gasteiger partial charge in [0.25, 0.3) is 5.91 Å². The van der Waals surface area contributed by atoms with Gasteiger partial charge in [-0.25, -0.2) is 0 Å². The van der Waals surface area contributed by atoms with Crippen molar-refractivity contribution >= 4 is 17.4 Å². The fourth-order valence-electron chi connectivity index (χ4n) is 1.85. The Balaban J connectivity index is 2.24. The Hall–Kier alpha value is -2.76. The van der Waals surface area contributed by atoms with Gasteiger partial charge in [0.05, 0.1) is 0 Å². The molecule has 0 saturated heterocycles. The second kappa shape index (κ2) is 6.13. The fraction of sp³-hybridized carbons (Fsp3) is 0.200. The number of amidine groups is 1. The van der Waals surface area contributed by atoms with Crippen LogP contribution in [0.1, 0.15) is 34.4 Å². The topological polar surface area (TPSA) is 101 Å². The number of nitrogens with two attached hydrogens (primary N) is 1. The van der Waals surface area contributed by atoms with E-state index >= 15 is 0 Å². The van der Waals surface area contributed by atoms with Crippen molar-refractivity contribution in [2.75, 3.05) is 5.32 Å². The summed E-state index contributed by atoms with van der Waals surface area (Å²) < 4.78 is 5.41. The summed E-state index contributed by atoms with van der Waals surface area (Å²) >= 11 is 0. The normalized spacial score (nSPS) is 11.4. The number of aryl methyl sites for hydroxylation is 2. The summed E-state index contributed by atoms with van der Waals surface area (Å²) in [6.45, 7) is 3.80. The maximum absolute atomic E-state index is 12.1. The number of nitrogens with zero attached hydrogens (tertiary/aromatic N) is 1. The van der Waals surface area contributed by atoms with E-state index in [1.54, 1.807) is 30.3 Å². The van der Waals surface area contributed by atoms with Crippen LogP contribution in [0.3, 0.4) is 0 Å². The maximum Gasteiger partial charge on any atom is 0.291 e. The first kappa shape index (κ1) is 14.6. The van der Waals surface area contributed by atoms with Crippen LogP contribution in [0.5, 0.6) is 0 Å². The zero-order chi connectivity index (χ0) is 15.4. The quantitative estimate of drug-likeness (QED) is 0.348. The van der Waals surface area contributed by atoms with Crippen LogP contribution in [0.25, 0.3) is 0 Å². The molecule has 2 rings (SSSR count). The predicted octanol–water partition coefficient (Wildman–Crippen LogP) is 2.50. The Bertz CT molecular complexity index is 689. The van der Waals surface area contributed by atoms with E-state index in [0.717, 1.165) is 17.7 Å². The van der Waals surface area contributed by atoms with Crippen molar-refractivity contribution in [1.29, 1.82) is 0 Å². The molecule has 21 heavy (non-hydrogen) atoms. The van der Waals surface area contributed by atoms with Crippen LogP contribution in [-0.4, -0.2) is 17.0 Å². The molecule has 0 atom stereocenters. The Morgan fingerprint density at radius 1 is 1.38 bits per heavy atom. The van der Waals surface area contributed by atoms with Gasteiger partial charge in [-0.15, -0.1) is 0 Å². The number of carbonyl (C=O) groups is 1. The lowest BCUT2D eigenvalue weighted by molar-refractivity contribution is 0.0995. The highest BCUT2D eigenvalue weighted by Crippen LogP contribution is 2.18. The van der Waals surface area contributed by atoms with Gasteiger partial charge in [-0.1, -0.05) is 24.2 Å². The molecule has 1 heterocycles. The molecule has 1 aromatic heterocycles. The number of nitrogens with one attached hydrogen (secondary N) is 1. The second-order valence-electron chi connectivity index (χ2n) is 4.59. The zero-order valence-electron chi connectivity index (χ0n) is 11.9. The second-order valence-corrected chi connectivity index (χ2v) is 4.59. The van der Waals surface area contributed by atoms with Gasteiger partial charge in [-0.05, 0) is 30.7 Å². The van der Waals surface area contributed by atoms with Gasteiger partial charge in [0, 0.05) is 17.7 Å². The van der Waals surface area contributed by atoms with E-state index in [4.69, 9.17) is 15.4 Å². The van der Waals surface area contributed by atoms with Crippen molar-refractivity contribution < 1.29 is 14.4 Å². The van der Waals surface area contributed by atoms with E-state index in [9.17, 15) is 4.79 Å². The van der Waals surface area contributed by atoms with Crippen LogP contribution in [0.2, 0.25) is 0 Å². The largest absolute Gasteiger partial charge is 0.456 e. The molecule has 6 nitrogen and oxygen atoms in total. The molecule has 0 spiro atoms. The van der Waals surface area contributed by atoms with Crippen molar-refractivity contribution in [1.82, 2.24) is 0 Å². The van der Waals surface area contributed by atoms with Crippen LogP contribution in [-0.2, 0) is 6.42 Å². The van der Waals surface area contributed by atoms with Gasteiger partial charge in [0.15, 0.2) is 11.6 Å². The maximum atomic E-state index is 12.1. The third-order valence-electron chi connectivity index (χ3n) is 3.12. The van der Waals surface area contributed by atoms with Crippen molar-refractivity contribution in [3.05, 3.63) is 53.0 Å². The number of hydrogen-bond acceptors (Lipinski definition) is 4. The van der Waals surface area contributed by atoms with Gasteiger partial charge >= 0.3 is 0 Å². The number of oxime groups is 1. The zero-order valence-corrected chi connectivity index (χ0v) is 11.9. The standard InChI is InChI=1S/C15H17N3O3/c1-3-11-6-7-13(21-11)15(19)17-12-8-10(14(16)18-20)5-4-9(12)2/h4-8,20H,3H2,1-2H3,(H2,16,18)(H,17,19). The monoisotopic (exact) mass is 287 g/mol. The van der Waals surface area contributed by atoms with E-state index in [1.807, 2.05) is 13.8 Å². The van der Waals surface area contributed by atoms with Gasteiger partial charge in [-0.3, -0.25) is 4.79 Å². The number of furan rings is 1. The Morgan fingerprint density at radius 3 is 2.76 bits per heavy atom. The number of hydrogen-bond donors (Lipinski definition) is 3. The molecule has 0 unspecified atom stereocenters. The highest BCUT2D eigenvalue weighted by atomic mass is 16.4. The molecule has 1 aromatic carbocycles. The molecular weight excluding hydrogens is 270 g/mol. The lowest BCUT2D eigenvalue weighted by Gasteiger charge is -2.09. The minimum absolute atomic E-state index is 0.0169. The molecule has 0 aliphatic carbocycles. The Kier molecular flexibility index (Phi) is 4.27. The van der Waals surface area contributed by atoms with E-state index < -0.39 is 0 Å². The van der Waals surface area contributed by atoms with E-state index in [-0.39, 0.29) is 17.5 Å². The summed E-state index contributed by atoms with van der Waals surface area (Å²) in [5, 5.41) is 14.4. The lowest BCUT2D eigenvalue weighted by atomic mass is 10.1. The Morgan fingerprint density at radius 2 is 2.14 bits per heavy atom. The molecular formula is C15H17N3O3. The molecule has 110 valence electrons. The number of amides is 1. The summed E-state index contributed by atoms with van der Waals surface area (Å²) in [6, 6.07) is 8.54. The number of carbonyl (C=O) groups excluding carboxylic acids is 1. The fourth-order valence-corrected chi connectivity index (χ4v) is 1.85. The van der Waals surface area contributed by atoms with Gasteiger partial charge in [0.2, 0.25) is 0 Å². The molecule has 6 heteroatoms. The molecule has 0 radical (unpaired) electrons. The van der Waals surface area contributed by atoms with E-state index in [1.165, 1.54) is 0 Å². The summed E-state index contributed by atoms with van der Waals surface area (Å²) in [5.41, 5.74) is 7.51. The van der Waals surface area contributed by atoms with Crippen LogP contribution < -0.4 is 11.1 Å². The van der Waals surface area contributed by atoms with E-state index in [2.05, 4.69) is 10.5 Å². The SMILES string of the molecule is CCc1ccc(C(=O)Nc2cc(C(N)=NO)ccc2C)o1. The summed E-state index contributed by atoms with van der Waals surface area (Å²) in [7, 11) is 0. The molecule has 2 aromatic rings. The first-order valence-corrected chi connectivity index (χ1v) is 6.53. The molecule has 0 bridgehead atoms. The lowest BCUT2D eigenvalue weighted by Crippen LogP contribution is -2.16. The molecule has 1 amide bonds. The Labute approximate surface area is 122 Å². The summed E-state index contributed by atoms with van der Waals surface area (Å²) in [6.07, 6.45) is 0.727. The molecule has 0 saturated carbocycles.